The zero-order valence-corrected chi connectivity index (χ0v) is 15.1. The highest BCUT2D eigenvalue weighted by Crippen LogP contribution is 2.31. The minimum Gasteiger partial charge on any atom is -0.311 e. The van der Waals surface area contributed by atoms with Gasteiger partial charge in [-0.3, -0.25) is 4.79 Å². The van der Waals surface area contributed by atoms with Crippen molar-refractivity contribution in [3.8, 4) is 0 Å². The Morgan fingerprint density at radius 2 is 2.08 bits per heavy atom. The van der Waals surface area contributed by atoms with Crippen molar-refractivity contribution in [1.82, 2.24) is 29.4 Å². The Hall–Kier alpha value is -2.77. The molecule has 0 atom stereocenters. The van der Waals surface area contributed by atoms with Gasteiger partial charge in [0.05, 0.1) is 12.2 Å². The van der Waals surface area contributed by atoms with E-state index in [2.05, 4.69) is 25.5 Å². The minimum absolute atomic E-state index is 0.0118. The van der Waals surface area contributed by atoms with Crippen molar-refractivity contribution >= 4 is 17.5 Å². The summed E-state index contributed by atoms with van der Waals surface area (Å²) in [5.74, 6) is 1.37. The molecule has 4 rings (SSSR count). The highest BCUT2D eigenvalue weighted by molar-refractivity contribution is 5.90. The maximum Gasteiger partial charge on any atom is 0.252 e. The van der Waals surface area contributed by atoms with Crippen LogP contribution in [0, 0.1) is 13.8 Å². The molecular weight excluding hydrogens is 330 g/mol. The molecule has 0 aliphatic heterocycles. The van der Waals surface area contributed by atoms with Gasteiger partial charge in [0.15, 0.2) is 0 Å². The Kier molecular flexibility index (Phi) is 4.40. The summed E-state index contributed by atoms with van der Waals surface area (Å²) in [4.78, 5) is 21.1. The molecule has 1 fully saturated rings. The lowest BCUT2D eigenvalue weighted by Gasteiger charge is -2.15. The Morgan fingerprint density at radius 3 is 2.88 bits per heavy atom. The van der Waals surface area contributed by atoms with Crippen molar-refractivity contribution in [3.05, 3.63) is 35.5 Å². The number of aromatic nitrogens is 6. The van der Waals surface area contributed by atoms with Crippen LogP contribution in [-0.4, -0.2) is 35.3 Å². The Bertz CT molecular complexity index is 936. The van der Waals surface area contributed by atoms with Crippen molar-refractivity contribution in [2.45, 2.75) is 58.4 Å². The fraction of sp³-hybridized carbons (Fsp3) is 0.500. The number of amides is 1. The number of carbonyl (C=O) groups excluding carboxylic acids is 1. The van der Waals surface area contributed by atoms with Crippen LogP contribution in [0.5, 0.6) is 0 Å². The van der Waals surface area contributed by atoms with Crippen LogP contribution in [-0.2, 0) is 11.2 Å². The van der Waals surface area contributed by atoms with E-state index in [9.17, 15) is 4.79 Å². The van der Waals surface area contributed by atoms with Gasteiger partial charge in [-0.25, -0.2) is 14.2 Å². The molecule has 1 saturated carbocycles. The summed E-state index contributed by atoms with van der Waals surface area (Å²) in [6, 6.07) is 2.28. The van der Waals surface area contributed by atoms with Crippen LogP contribution in [0.15, 0.2) is 18.6 Å². The standard InChI is InChI=1S/C18H23N7O/c1-12-15(13(2)24-18(22-12)19-11-21-24)7-8-17(26)23-16-9-10-20-25(16)14-5-3-4-6-14/h9-11,14H,3-8H2,1-2H3,(H,23,26). The summed E-state index contributed by atoms with van der Waals surface area (Å²) in [5.41, 5.74) is 2.92. The van der Waals surface area contributed by atoms with Gasteiger partial charge in [0.25, 0.3) is 5.78 Å². The predicted octanol–water partition coefficient (Wildman–Crippen LogP) is 2.62. The summed E-state index contributed by atoms with van der Waals surface area (Å²) >= 11 is 0. The van der Waals surface area contributed by atoms with E-state index in [-0.39, 0.29) is 5.91 Å². The second-order valence-corrected chi connectivity index (χ2v) is 6.88. The molecule has 26 heavy (non-hydrogen) atoms. The molecule has 0 saturated heterocycles. The third kappa shape index (κ3) is 3.07. The quantitative estimate of drug-likeness (QED) is 0.761. The first-order valence-electron chi connectivity index (χ1n) is 9.12. The molecule has 8 nitrogen and oxygen atoms in total. The molecule has 0 radical (unpaired) electrons. The minimum atomic E-state index is -0.0118. The second kappa shape index (κ2) is 6.86. The average Bonchev–Trinajstić information content (AvgIpc) is 3.35. The summed E-state index contributed by atoms with van der Waals surface area (Å²) in [7, 11) is 0. The third-order valence-electron chi connectivity index (χ3n) is 5.20. The van der Waals surface area contributed by atoms with E-state index in [1.165, 1.54) is 19.2 Å². The van der Waals surface area contributed by atoms with Crippen molar-refractivity contribution < 1.29 is 4.79 Å². The fourth-order valence-corrected chi connectivity index (χ4v) is 3.81. The molecule has 8 heteroatoms. The lowest BCUT2D eigenvalue weighted by atomic mass is 10.1. The lowest BCUT2D eigenvalue weighted by Crippen LogP contribution is -2.18. The first kappa shape index (κ1) is 16.7. The summed E-state index contributed by atoms with van der Waals surface area (Å²) in [6.07, 6.45) is 8.98. The van der Waals surface area contributed by atoms with E-state index >= 15 is 0 Å². The zero-order valence-electron chi connectivity index (χ0n) is 15.1. The molecule has 136 valence electrons. The topological polar surface area (TPSA) is 90.0 Å². The molecule has 3 aromatic heterocycles. The molecule has 1 aliphatic carbocycles. The molecule has 1 aliphatic rings. The molecule has 0 bridgehead atoms. The van der Waals surface area contributed by atoms with Gasteiger partial charge in [-0.1, -0.05) is 12.8 Å². The molecule has 0 spiro atoms. The van der Waals surface area contributed by atoms with Crippen molar-refractivity contribution in [1.29, 1.82) is 0 Å². The second-order valence-electron chi connectivity index (χ2n) is 6.88. The van der Waals surface area contributed by atoms with E-state index in [0.717, 1.165) is 35.6 Å². The number of fused-ring (bicyclic) bond motifs is 1. The van der Waals surface area contributed by atoms with E-state index in [0.29, 0.717) is 24.7 Å². The van der Waals surface area contributed by atoms with Gasteiger partial charge >= 0.3 is 0 Å². The van der Waals surface area contributed by atoms with E-state index in [4.69, 9.17) is 0 Å². The number of hydrogen-bond acceptors (Lipinski definition) is 5. The first-order chi connectivity index (χ1) is 12.6. The average molecular weight is 353 g/mol. The van der Waals surface area contributed by atoms with Crippen molar-refractivity contribution in [2.24, 2.45) is 0 Å². The SMILES string of the molecule is Cc1nc2ncnn2c(C)c1CCC(=O)Nc1ccnn1C1CCCC1. The van der Waals surface area contributed by atoms with Gasteiger partial charge < -0.3 is 5.32 Å². The molecule has 0 unspecified atom stereocenters. The molecule has 1 amide bonds. The predicted molar refractivity (Wildman–Crippen MR) is 96.9 cm³/mol. The highest BCUT2D eigenvalue weighted by atomic mass is 16.1. The Labute approximate surface area is 151 Å². The van der Waals surface area contributed by atoms with Gasteiger partial charge in [0.2, 0.25) is 5.91 Å². The van der Waals surface area contributed by atoms with E-state index < -0.39 is 0 Å². The number of rotatable bonds is 5. The van der Waals surface area contributed by atoms with Crippen molar-refractivity contribution in [2.75, 3.05) is 5.32 Å². The number of nitrogens with zero attached hydrogens (tertiary/aromatic N) is 6. The maximum atomic E-state index is 12.5. The van der Waals surface area contributed by atoms with Crippen LogP contribution >= 0.6 is 0 Å². The maximum absolute atomic E-state index is 12.5. The lowest BCUT2D eigenvalue weighted by molar-refractivity contribution is -0.116. The first-order valence-corrected chi connectivity index (χ1v) is 9.12. The third-order valence-corrected chi connectivity index (χ3v) is 5.20. The molecular formula is C18H23N7O. The van der Waals surface area contributed by atoms with Gasteiger partial charge in [-0.2, -0.15) is 15.2 Å². The zero-order chi connectivity index (χ0) is 18.1. The van der Waals surface area contributed by atoms with Crippen LogP contribution in [0.3, 0.4) is 0 Å². The Balaban J connectivity index is 1.44. The number of anilines is 1. The van der Waals surface area contributed by atoms with Crippen LogP contribution in [0.2, 0.25) is 0 Å². The number of hydrogen-bond donors (Lipinski definition) is 1. The summed E-state index contributed by atoms with van der Waals surface area (Å²) in [6.45, 7) is 3.93. The van der Waals surface area contributed by atoms with Crippen LogP contribution in [0.25, 0.3) is 5.78 Å². The highest BCUT2D eigenvalue weighted by Gasteiger charge is 2.20. The number of carbonyl (C=O) groups is 1. The largest absolute Gasteiger partial charge is 0.311 e. The van der Waals surface area contributed by atoms with Crippen LogP contribution in [0.4, 0.5) is 5.82 Å². The van der Waals surface area contributed by atoms with Gasteiger partial charge in [0, 0.05) is 23.9 Å². The summed E-state index contributed by atoms with van der Waals surface area (Å²) in [5, 5.41) is 11.6. The van der Waals surface area contributed by atoms with E-state index in [1.807, 2.05) is 24.6 Å². The van der Waals surface area contributed by atoms with Crippen molar-refractivity contribution in [3.63, 3.8) is 0 Å². The summed E-state index contributed by atoms with van der Waals surface area (Å²) < 4.78 is 3.68. The smallest absolute Gasteiger partial charge is 0.252 e. The number of nitrogens with one attached hydrogen (secondary N) is 1. The molecule has 0 aromatic carbocycles. The normalized spacial score (nSPS) is 15.0. The van der Waals surface area contributed by atoms with Crippen LogP contribution < -0.4 is 5.32 Å². The fourth-order valence-electron chi connectivity index (χ4n) is 3.81. The van der Waals surface area contributed by atoms with Gasteiger partial charge in [-0.15, -0.1) is 0 Å². The molecule has 1 N–H and O–H groups in total. The monoisotopic (exact) mass is 353 g/mol. The molecule has 3 aromatic rings. The molecule has 3 heterocycles. The Morgan fingerprint density at radius 1 is 1.27 bits per heavy atom. The van der Waals surface area contributed by atoms with Gasteiger partial charge in [0.1, 0.15) is 12.1 Å². The van der Waals surface area contributed by atoms with Gasteiger partial charge in [-0.05, 0) is 38.7 Å². The van der Waals surface area contributed by atoms with E-state index in [1.54, 1.807) is 10.7 Å². The number of aryl methyl sites for hydroxylation is 2. The van der Waals surface area contributed by atoms with Crippen LogP contribution in [0.1, 0.15) is 55.1 Å².